The van der Waals surface area contributed by atoms with Gasteiger partial charge in [-0.25, -0.2) is 0 Å². The van der Waals surface area contributed by atoms with E-state index in [9.17, 15) is 0 Å². The molecule has 0 spiro atoms. The topological polar surface area (TPSA) is 36.9 Å². The average Bonchev–Trinajstić information content (AvgIpc) is 3.17. The molecule has 0 N–H and O–H groups in total. The molecule has 0 amide bonds. The van der Waals surface area contributed by atoms with Crippen LogP contribution in [-0.2, 0) is 0 Å². The van der Waals surface area contributed by atoms with E-state index in [-0.39, 0.29) is 5.60 Å². The highest BCUT2D eigenvalue weighted by Gasteiger charge is 2.45. The van der Waals surface area contributed by atoms with Gasteiger partial charge >= 0.3 is 0 Å². The summed E-state index contributed by atoms with van der Waals surface area (Å²) >= 11 is 5.90. The summed E-state index contributed by atoms with van der Waals surface area (Å²) in [7, 11) is 4.73. The Labute approximate surface area is 112 Å². The maximum absolute atomic E-state index is 5.90. The Kier molecular flexibility index (Phi) is 3.76. The highest BCUT2D eigenvalue weighted by atomic mass is 35.5. The lowest BCUT2D eigenvalue weighted by Crippen LogP contribution is -2.19. The van der Waals surface area contributed by atoms with Crippen LogP contribution < -0.4 is 18.9 Å². The first-order valence-corrected chi connectivity index (χ1v) is 6.26. The monoisotopic (exact) mass is 272 g/mol. The van der Waals surface area contributed by atoms with E-state index in [0.717, 1.165) is 12.8 Å². The molecule has 5 heteroatoms. The zero-order valence-electron chi connectivity index (χ0n) is 10.8. The SMILES string of the molecule is COc1cc(OC2(CCl)CC2)cc(OC)c1OC. The third-order valence-corrected chi connectivity index (χ3v) is 3.51. The van der Waals surface area contributed by atoms with Crippen molar-refractivity contribution < 1.29 is 18.9 Å². The second-order valence-electron chi connectivity index (χ2n) is 4.28. The highest BCUT2D eigenvalue weighted by molar-refractivity contribution is 6.18. The van der Waals surface area contributed by atoms with Gasteiger partial charge < -0.3 is 18.9 Å². The third kappa shape index (κ3) is 2.43. The minimum absolute atomic E-state index is 0.216. The van der Waals surface area contributed by atoms with Gasteiger partial charge in [-0.15, -0.1) is 11.6 Å². The molecule has 0 radical (unpaired) electrons. The van der Waals surface area contributed by atoms with Gasteiger partial charge in [-0.2, -0.15) is 0 Å². The van der Waals surface area contributed by atoms with Crippen molar-refractivity contribution in [1.29, 1.82) is 0 Å². The van der Waals surface area contributed by atoms with E-state index in [1.54, 1.807) is 33.5 Å². The Balaban J connectivity index is 2.31. The van der Waals surface area contributed by atoms with Crippen molar-refractivity contribution in [3.63, 3.8) is 0 Å². The quantitative estimate of drug-likeness (QED) is 0.746. The van der Waals surface area contributed by atoms with Crippen molar-refractivity contribution in [3.05, 3.63) is 12.1 Å². The van der Waals surface area contributed by atoms with Crippen LogP contribution in [0.3, 0.4) is 0 Å². The average molecular weight is 273 g/mol. The summed E-state index contributed by atoms with van der Waals surface area (Å²) < 4.78 is 21.7. The number of hydrogen-bond acceptors (Lipinski definition) is 4. The molecule has 1 fully saturated rings. The van der Waals surface area contributed by atoms with E-state index in [1.165, 1.54) is 0 Å². The molecule has 0 aromatic heterocycles. The Morgan fingerprint density at radius 3 is 1.94 bits per heavy atom. The molecule has 100 valence electrons. The third-order valence-electron chi connectivity index (χ3n) is 3.02. The molecule has 2 rings (SSSR count). The van der Waals surface area contributed by atoms with Crippen LogP contribution in [0, 0.1) is 0 Å². The van der Waals surface area contributed by atoms with Crippen molar-refractivity contribution in [2.24, 2.45) is 0 Å². The van der Waals surface area contributed by atoms with Crippen molar-refractivity contribution >= 4 is 11.6 Å². The smallest absolute Gasteiger partial charge is 0.203 e. The van der Waals surface area contributed by atoms with Gasteiger partial charge in [0.15, 0.2) is 11.5 Å². The predicted molar refractivity (Wildman–Crippen MR) is 69.4 cm³/mol. The number of hydrogen-bond donors (Lipinski definition) is 0. The molecule has 0 saturated heterocycles. The van der Waals surface area contributed by atoms with E-state index in [0.29, 0.717) is 28.9 Å². The van der Waals surface area contributed by atoms with Gasteiger partial charge in [0.25, 0.3) is 0 Å². The predicted octanol–water partition coefficient (Wildman–Crippen LogP) is 2.86. The summed E-state index contributed by atoms with van der Waals surface area (Å²) in [6.45, 7) is 0. The molecule has 1 aliphatic rings. The van der Waals surface area contributed by atoms with Crippen molar-refractivity contribution in [3.8, 4) is 23.0 Å². The molecule has 1 aliphatic carbocycles. The number of ether oxygens (including phenoxy) is 4. The van der Waals surface area contributed by atoms with Crippen LogP contribution in [0.4, 0.5) is 0 Å². The summed E-state index contributed by atoms with van der Waals surface area (Å²) in [5.41, 5.74) is -0.216. The van der Waals surface area contributed by atoms with Crippen LogP contribution in [0.25, 0.3) is 0 Å². The van der Waals surface area contributed by atoms with E-state index in [4.69, 9.17) is 30.5 Å². The van der Waals surface area contributed by atoms with Gasteiger partial charge in [-0.1, -0.05) is 0 Å². The molecule has 0 atom stereocenters. The van der Waals surface area contributed by atoms with Crippen LogP contribution in [0.5, 0.6) is 23.0 Å². The first-order valence-electron chi connectivity index (χ1n) is 5.73. The van der Waals surface area contributed by atoms with E-state index in [1.807, 2.05) is 0 Å². The van der Waals surface area contributed by atoms with Gasteiger partial charge in [0.1, 0.15) is 11.4 Å². The summed E-state index contributed by atoms with van der Waals surface area (Å²) in [5.74, 6) is 2.89. The number of rotatable bonds is 6. The summed E-state index contributed by atoms with van der Waals surface area (Å²) in [4.78, 5) is 0. The minimum Gasteiger partial charge on any atom is -0.493 e. The van der Waals surface area contributed by atoms with Gasteiger partial charge in [0, 0.05) is 12.1 Å². The second-order valence-corrected chi connectivity index (χ2v) is 4.55. The number of methoxy groups -OCH3 is 3. The Morgan fingerprint density at radius 1 is 1.06 bits per heavy atom. The zero-order valence-corrected chi connectivity index (χ0v) is 11.5. The Hall–Kier alpha value is -1.29. The van der Waals surface area contributed by atoms with Crippen molar-refractivity contribution in [2.75, 3.05) is 27.2 Å². The lowest BCUT2D eigenvalue weighted by molar-refractivity contribution is 0.201. The number of benzene rings is 1. The fourth-order valence-corrected chi connectivity index (χ4v) is 2.09. The molecule has 0 heterocycles. The second kappa shape index (κ2) is 5.14. The molecule has 1 aromatic rings. The van der Waals surface area contributed by atoms with Gasteiger partial charge in [-0.3, -0.25) is 0 Å². The summed E-state index contributed by atoms with van der Waals surface area (Å²) in [6, 6.07) is 3.57. The highest BCUT2D eigenvalue weighted by Crippen LogP contribution is 2.46. The first-order chi connectivity index (χ1) is 8.68. The molecule has 0 bridgehead atoms. The van der Waals surface area contributed by atoms with Gasteiger partial charge in [0.2, 0.25) is 5.75 Å². The van der Waals surface area contributed by atoms with Crippen LogP contribution in [0.2, 0.25) is 0 Å². The normalized spacial score (nSPS) is 16.0. The van der Waals surface area contributed by atoms with Crippen LogP contribution in [0.15, 0.2) is 12.1 Å². The van der Waals surface area contributed by atoms with Crippen molar-refractivity contribution in [1.82, 2.24) is 0 Å². The van der Waals surface area contributed by atoms with Gasteiger partial charge in [0.05, 0.1) is 27.2 Å². The maximum Gasteiger partial charge on any atom is 0.203 e. The number of alkyl halides is 1. The molecule has 0 unspecified atom stereocenters. The largest absolute Gasteiger partial charge is 0.493 e. The lowest BCUT2D eigenvalue weighted by Gasteiger charge is -2.18. The lowest BCUT2D eigenvalue weighted by atomic mass is 10.2. The standard InChI is InChI=1S/C13H17ClO4/c1-15-10-6-9(18-13(8-14)4-5-13)7-11(16-2)12(10)17-3/h6-7H,4-5,8H2,1-3H3. The molecular formula is C13H17ClO4. The first kappa shape index (κ1) is 13.1. The molecular weight excluding hydrogens is 256 g/mol. The van der Waals surface area contributed by atoms with Gasteiger partial charge in [-0.05, 0) is 12.8 Å². The van der Waals surface area contributed by atoms with Crippen LogP contribution in [0.1, 0.15) is 12.8 Å². The summed E-state index contributed by atoms with van der Waals surface area (Å²) in [5, 5.41) is 0. The fourth-order valence-electron chi connectivity index (χ4n) is 1.77. The van der Waals surface area contributed by atoms with E-state index in [2.05, 4.69) is 0 Å². The molecule has 4 nitrogen and oxygen atoms in total. The molecule has 1 saturated carbocycles. The molecule has 0 aliphatic heterocycles. The fraction of sp³-hybridized carbons (Fsp3) is 0.538. The van der Waals surface area contributed by atoms with E-state index >= 15 is 0 Å². The van der Waals surface area contributed by atoms with Crippen LogP contribution in [-0.4, -0.2) is 32.8 Å². The van der Waals surface area contributed by atoms with Crippen molar-refractivity contribution in [2.45, 2.75) is 18.4 Å². The molecule has 18 heavy (non-hydrogen) atoms. The molecule has 1 aromatic carbocycles. The van der Waals surface area contributed by atoms with Crippen LogP contribution >= 0.6 is 11.6 Å². The number of halogens is 1. The Bertz CT molecular complexity index is 404. The Morgan fingerprint density at radius 2 is 1.61 bits per heavy atom. The van der Waals surface area contributed by atoms with E-state index < -0.39 is 0 Å². The summed E-state index contributed by atoms with van der Waals surface area (Å²) in [6.07, 6.45) is 1.96. The zero-order chi connectivity index (χ0) is 13.2. The minimum atomic E-state index is -0.216. The maximum atomic E-state index is 5.90.